The maximum Gasteiger partial charge on any atom is 1.00 e. The molecule has 0 aliphatic carbocycles. The zero-order valence-electron chi connectivity index (χ0n) is 4.12. The van der Waals surface area contributed by atoms with Gasteiger partial charge in [-0.2, -0.15) is 0 Å². The first-order valence-electron chi connectivity index (χ1n) is 0.655. The van der Waals surface area contributed by atoms with E-state index >= 15 is 0 Å². The molecular formula is AlCl3Li2O. The molecule has 0 fully saturated rings. The molecule has 7 heavy (non-hydrogen) atoms. The largest absolute Gasteiger partial charge is 2.00 e. The second kappa shape index (κ2) is 15.8. The Morgan fingerprint density at radius 2 is 0.857 bits per heavy atom. The van der Waals surface area contributed by atoms with Gasteiger partial charge >= 0.3 is 49.1 Å². The molecule has 32 valence electrons. The van der Waals surface area contributed by atoms with Gasteiger partial charge in [0.1, 0.15) is 0 Å². The Morgan fingerprint density at radius 1 is 0.857 bits per heavy atom. The van der Waals surface area contributed by atoms with E-state index in [1.165, 1.54) is 0 Å². The van der Waals surface area contributed by atoms with E-state index in [0.29, 0.717) is 0 Å². The van der Waals surface area contributed by atoms with Crippen LogP contribution < -0.4 is 37.7 Å². The van der Waals surface area contributed by atoms with Crippen LogP contribution in [0.1, 0.15) is 0 Å². The van der Waals surface area contributed by atoms with Crippen molar-refractivity contribution in [1.82, 2.24) is 0 Å². The first-order valence-corrected chi connectivity index (χ1v) is 5.89. The summed E-state index contributed by atoms with van der Waals surface area (Å²) < 4.78 is 0. The summed E-state index contributed by atoms with van der Waals surface area (Å²) in [5, 5.41) is 0. The molecule has 0 N–H and O–H groups in total. The molecule has 0 saturated heterocycles. The van der Waals surface area contributed by atoms with E-state index in [9.17, 15) is 0 Å². The minimum Gasteiger partial charge on any atom is -2.00 e. The van der Waals surface area contributed by atoms with Gasteiger partial charge in [0.15, 0.2) is 0 Å². The van der Waals surface area contributed by atoms with Crippen molar-refractivity contribution in [2.45, 2.75) is 0 Å². The second-order valence-corrected chi connectivity index (χ2v) is 6.68. The molecule has 0 heterocycles. The van der Waals surface area contributed by atoms with Gasteiger partial charge < -0.3 is 5.48 Å². The molecule has 0 spiro atoms. The van der Waals surface area contributed by atoms with Gasteiger partial charge in [0.2, 0.25) is 0 Å². The maximum absolute atomic E-state index is 4.94. The molecule has 0 aromatic heterocycles. The van der Waals surface area contributed by atoms with Crippen LogP contribution >= 0.6 is 30.1 Å². The van der Waals surface area contributed by atoms with E-state index in [2.05, 4.69) is 0 Å². The van der Waals surface area contributed by atoms with Crippen LogP contribution in [-0.4, -0.2) is 11.4 Å². The molecule has 0 aliphatic rings. The molecule has 0 bridgehead atoms. The average Bonchev–Trinajstić information content (AvgIpc) is 0.811. The Hall–Kier alpha value is 2.56. The normalized spacial score (nSPS) is 3.86. The zero-order chi connectivity index (χ0) is 3.58. The quantitative estimate of drug-likeness (QED) is 0.323. The Kier molecular flexibility index (Phi) is 51.2. The van der Waals surface area contributed by atoms with Gasteiger partial charge in [-0.25, -0.2) is 30.1 Å². The van der Waals surface area contributed by atoms with Gasteiger partial charge in [0, 0.05) is 0 Å². The van der Waals surface area contributed by atoms with Crippen molar-refractivity contribution in [3.8, 4) is 0 Å². The van der Waals surface area contributed by atoms with Crippen molar-refractivity contribution in [1.29, 1.82) is 0 Å². The molecule has 0 amide bonds. The average molecular weight is 163 g/mol. The first-order chi connectivity index (χ1) is 1.73. The van der Waals surface area contributed by atoms with Crippen molar-refractivity contribution in [3.63, 3.8) is 0 Å². The molecule has 0 rings (SSSR count). The summed E-state index contributed by atoms with van der Waals surface area (Å²) in [6.07, 6.45) is 0. The third-order valence-corrected chi connectivity index (χ3v) is 0. The van der Waals surface area contributed by atoms with Gasteiger partial charge in [-0.15, -0.1) is 0 Å². The summed E-state index contributed by atoms with van der Waals surface area (Å²) >= 11 is -1.72. The number of hydrogen-bond acceptors (Lipinski definition) is 0. The van der Waals surface area contributed by atoms with Crippen molar-refractivity contribution < 1.29 is 43.2 Å². The van der Waals surface area contributed by atoms with Crippen molar-refractivity contribution >= 4 is 41.5 Å². The van der Waals surface area contributed by atoms with Crippen LogP contribution in [0.4, 0.5) is 0 Å². The Morgan fingerprint density at radius 3 is 0.857 bits per heavy atom. The number of rotatable bonds is 0. The van der Waals surface area contributed by atoms with E-state index in [4.69, 9.17) is 30.1 Å². The minimum absolute atomic E-state index is 0. The first kappa shape index (κ1) is 22.7. The van der Waals surface area contributed by atoms with Crippen molar-refractivity contribution in [3.05, 3.63) is 0 Å². The van der Waals surface area contributed by atoms with Crippen LogP contribution in [0, 0.1) is 0 Å². The molecule has 0 saturated carbocycles. The third-order valence-electron chi connectivity index (χ3n) is 0. The summed E-state index contributed by atoms with van der Waals surface area (Å²) in [4.78, 5) is 0. The topological polar surface area (TPSA) is 28.5 Å². The summed E-state index contributed by atoms with van der Waals surface area (Å²) in [6.45, 7) is 0. The van der Waals surface area contributed by atoms with E-state index in [1.807, 2.05) is 0 Å². The van der Waals surface area contributed by atoms with Crippen LogP contribution in [0.3, 0.4) is 0 Å². The molecule has 0 aromatic rings. The van der Waals surface area contributed by atoms with E-state index in [0.717, 1.165) is 0 Å². The maximum atomic E-state index is 4.94. The zero-order valence-corrected chi connectivity index (χ0v) is 7.54. The second-order valence-electron chi connectivity index (χ2n) is 0.247. The van der Waals surface area contributed by atoms with Crippen LogP contribution in [0.5, 0.6) is 0 Å². The smallest absolute Gasteiger partial charge is 1.00 e. The minimum atomic E-state index is -1.72. The standard InChI is InChI=1S/Al.3ClH.2Li.O/h;3*1H;;;/q+3;;;;2*+1;-2/p-3. The summed E-state index contributed by atoms with van der Waals surface area (Å²) in [5.41, 5.74) is 0. The van der Waals surface area contributed by atoms with Crippen LogP contribution in [-0.2, 0) is 5.48 Å². The molecule has 0 aromatic carbocycles. The predicted molar refractivity (Wildman–Crippen MR) is 24.0 cm³/mol. The Labute approximate surface area is 83.7 Å². The Balaban J connectivity index is -0.0000000150. The molecule has 0 atom stereocenters. The van der Waals surface area contributed by atoms with Gasteiger partial charge in [-0.1, -0.05) is 0 Å². The fourth-order valence-corrected chi connectivity index (χ4v) is 0. The van der Waals surface area contributed by atoms with Crippen LogP contribution in [0.2, 0.25) is 0 Å². The van der Waals surface area contributed by atoms with Crippen molar-refractivity contribution in [2.75, 3.05) is 0 Å². The van der Waals surface area contributed by atoms with E-state index < -0.39 is 11.4 Å². The molecule has 7 heteroatoms. The van der Waals surface area contributed by atoms with E-state index in [1.54, 1.807) is 0 Å². The number of hydrogen-bond donors (Lipinski definition) is 0. The number of halogens is 3. The molecule has 0 radical (unpaired) electrons. The van der Waals surface area contributed by atoms with Gasteiger partial charge in [-0.3, -0.25) is 0 Å². The fraction of sp³-hybridized carbons (Fsp3) is 0. The van der Waals surface area contributed by atoms with Gasteiger partial charge in [0.05, 0.1) is 0 Å². The predicted octanol–water partition coefficient (Wildman–Crippen LogP) is -4.42. The molecular weight excluding hydrogens is 163 g/mol. The van der Waals surface area contributed by atoms with E-state index in [-0.39, 0.29) is 43.2 Å². The fourth-order valence-electron chi connectivity index (χ4n) is 0. The van der Waals surface area contributed by atoms with Crippen LogP contribution in [0.25, 0.3) is 0 Å². The summed E-state index contributed by atoms with van der Waals surface area (Å²) in [5.74, 6) is 0. The van der Waals surface area contributed by atoms with Crippen LogP contribution in [0.15, 0.2) is 0 Å². The molecule has 1 nitrogen and oxygen atoms in total. The molecule has 0 unspecified atom stereocenters. The summed E-state index contributed by atoms with van der Waals surface area (Å²) in [6, 6.07) is 0. The van der Waals surface area contributed by atoms with Crippen molar-refractivity contribution in [2.24, 2.45) is 0 Å². The van der Waals surface area contributed by atoms with Gasteiger partial charge in [0.25, 0.3) is 0 Å². The molecule has 0 aliphatic heterocycles. The van der Waals surface area contributed by atoms with Gasteiger partial charge in [-0.05, 0) is 0 Å². The SMILES string of the molecule is [Cl][Al]([Cl])[Cl].[Li+].[Li+].[O-2]. The third kappa shape index (κ3) is 56.3. The summed E-state index contributed by atoms with van der Waals surface area (Å²) in [7, 11) is 14.8. The monoisotopic (exact) mass is 162 g/mol. The Bertz CT molecular complexity index is 17.7.